The van der Waals surface area contributed by atoms with Gasteiger partial charge in [0.05, 0.1) is 16.7 Å². The molecule has 3 aromatic heterocycles. The van der Waals surface area contributed by atoms with E-state index in [4.69, 9.17) is 4.42 Å². The number of para-hydroxylation sites is 2. The molecule has 0 atom stereocenters. The lowest BCUT2D eigenvalue weighted by molar-refractivity contribution is 0.669. The SMILES string of the molecule is c1ccc(-n2c3ccc(-c4cccc(-c5ccccn5)c4)cc3c3cc4c(cc32)oc2ccccc24)cc1. The van der Waals surface area contributed by atoms with Gasteiger partial charge in [-0.05, 0) is 65.7 Å². The van der Waals surface area contributed by atoms with Crippen LogP contribution in [0.2, 0.25) is 0 Å². The van der Waals surface area contributed by atoms with Crippen LogP contribution in [-0.4, -0.2) is 9.55 Å². The monoisotopic (exact) mass is 486 g/mol. The first-order chi connectivity index (χ1) is 18.8. The first-order valence-electron chi connectivity index (χ1n) is 12.8. The van der Waals surface area contributed by atoms with E-state index in [2.05, 4.69) is 113 Å². The van der Waals surface area contributed by atoms with Gasteiger partial charge in [-0.25, -0.2) is 0 Å². The minimum Gasteiger partial charge on any atom is -0.456 e. The number of rotatable bonds is 3. The minimum atomic E-state index is 0.905. The molecule has 0 saturated heterocycles. The van der Waals surface area contributed by atoms with Crippen molar-refractivity contribution in [1.82, 2.24) is 9.55 Å². The quantitative estimate of drug-likeness (QED) is 0.249. The van der Waals surface area contributed by atoms with Crippen molar-refractivity contribution in [1.29, 1.82) is 0 Å². The van der Waals surface area contributed by atoms with Crippen molar-refractivity contribution in [3.05, 3.63) is 134 Å². The standard InChI is InChI=1S/C35H22N2O/c1-2-11-26(12-3-1)37-32-17-16-24(23-9-8-10-25(19-23)31-14-6-7-18-36-31)20-28(32)29-21-30-27-13-4-5-15-34(27)38-35(30)22-33(29)37/h1-22H. The molecular weight excluding hydrogens is 464 g/mol. The van der Waals surface area contributed by atoms with E-state index >= 15 is 0 Å². The zero-order valence-electron chi connectivity index (χ0n) is 20.5. The Bertz CT molecular complexity index is 2120. The lowest BCUT2D eigenvalue weighted by Crippen LogP contribution is -1.93. The fourth-order valence-electron chi connectivity index (χ4n) is 5.66. The summed E-state index contributed by atoms with van der Waals surface area (Å²) in [6.07, 6.45) is 1.84. The molecule has 178 valence electrons. The summed E-state index contributed by atoms with van der Waals surface area (Å²) < 4.78 is 8.62. The lowest BCUT2D eigenvalue weighted by Gasteiger charge is -2.09. The molecule has 3 heteroatoms. The van der Waals surface area contributed by atoms with Crippen molar-refractivity contribution in [2.45, 2.75) is 0 Å². The topological polar surface area (TPSA) is 31.0 Å². The van der Waals surface area contributed by atoms with E-state index in [1.807, 2.05) is 30.5 Å². The van der Waals surface area contributed by atoms with Crippen LogP contribution >= 0.6 is 0 Å². The third kappa shape index (κ3) is 3.19. The summed E-state index contributed by atoms with van der Waals surface area (Å²) in [6, 6.07) is 44.7. The summed E-state index contributed by atoms with van der Waals surface area (Å²) in [7, 11) is 0. The molecule has 38 heavy (non-hydrogen) atoms. The summed E-state index contributed by atoms with van der Waals surface area (Å²) in [5.74, 6) is 0. The van der Waals surface area contributed by atoms with Gasteiger partial charge in [-0.1, -0.05) is 66.7 Å². The smallest absolute Gasteiger partial charge is 0.137 e. The van der Waals surface area contributed by atoms with E-state index in [9.17, 15) is 0 Å². The molecule has 0 aliphatic rings. The highest BCUT2D eigenvalue weighted by molar-refractivity contribution is 6.17. The molecule has 8 aromatic rings. The van der Waals surface area contributed by atoms with E-state index < -0.39 is 0 Å². The maximum atomic E-state index is 6.28. The van der Waals surface area contributed by atoms with Crippen molar-refractivity contribution >= 4 is 43.7 Å². The molecule has 0 spiro atoms. The van der Waals surface area contributed by atoms with Gasteiger partial charge in [0.2, 0.25) is 0 Å². The average molecular weight is 487 g/mol. The zero-order chi connectivity index (χ0) is 25.1. The number of benzene rings is 5. The number of nitrogens with zero attached hydrogens (tertiary/aromatic N) is 2. The van der Waals surface area contributed by atoms with Crippen molar-refractivity contribution in [2.75, 3.05) is 0 Å². The Morgan fingerprint density at radius 2 is 1.26 bits per heavy atom. The second kappa shape index (κ2) is 8.19. The molecule has 0 N–H and O–H groups in total. The predicted octanol–water partition coefficient (Wildman–Crippen LogP) is 9.41. The van der Waals surface area contributed by atoms with Gasteiger partial charge in [0, 0.05) is 45.1 Å². The fraction of sp³-hybridized carbons (Fsp3) is 0. The van der Waals surface area contributed by atoms with Crippen molar-refractivity contribution in [3.8, 4) is 28.1 Å². The molecule has 8 rings (SSSR count). The van der Waals surface area contributed by atoms with Crippen LogP contribution in [0.1, 0.15) is 0 Å². The average Bonchev–Trinajstić information content (AvgIpc) is 3.51. The van der Waals surface area contributed by atoms with Crippen LogP contribution in [0.4, 0.5) is 0 Å². The maximum Gasteiger partial charge on any atom is 0.137 e. The first kappa shape index (κ1) is 21.0. The van der Waals surface area contributed by atoms with E-state index in [1.54, 1.807) is 0 Å². The molecule has 0 fully saturated rings. The number of fused-ring (bicyclic) bond motifs is 6. The van der Waals surface area contributed by atoms with Gasteiger partial charge >= 0.3 is 0 Å². The summed E-state index contributed by atoms with van der Waals surface area (Å²) in [5.41, 5.74) is 9.70. The van der Waals surface area contributed by atoms with E-state index in [0.717, 1.165) is 44.4 Å². The molecule has 0 amide bonds. The molecule has 0 aliphatic heterocycles. The maximum absolute atomic E-state index is 6.28. The number of aromatic nitrogens is 2. The fourth-order valence-corrected chi connectivity index (χ4v) is 5.66. The van der Waals surface area contributed by atoms with Gasteiger partial charge < -0.3 is 8.98 Å². The third-order valence-electron chi connectivity index (χ3n) is 7.43. The van der Waals surface area contributed by atoms with Gasteiger partial charge in [0.15, 0.2) is 0 Å². The highest BCUT2D eigenvalue weighted by Crippen LogP contribution is 2.39. The second-order valence-electron chi connectivity index (χ2n) is 9.66. The normalized spacial score (nSPS) is 11.7. The molecule has 3 nitrogen and oxygen atoms in total. The van der Waals surface area contributed by atoms with Crippen LogP contribution in [0.25, 0.3) is 71.8 Å². The Kier molecular flexibility index (Phi) is 4.52. The van der Waals surface area contributed by atoms with E-state index in [1.165, 1.54) is 27.4 Å². The number of pyridine rings is 1. The largest absolute Gasteiger partial charge is 0.456 e. The van der Waals surface area contributed by atoms with E-state index in [0.29, 0.717) is 0 Å². The van der Waals surface area contributed by atoms with Gasteiger partial charge in [-0.3, -0.25) is 4.98 Å². The molecule has 3 heterocycles. The van der Waals surface area contributed by atoms with Crippen LogP contribution in [0.15, 0.2) is 138 Å². The second-order valence-corrected chi connectivity index (χ2v) is 9.66. The Hall–Kier alpha value is -5.15. The Morgan fingerprint density at radius 3 is 2.16 bits per heavy atom. The van der Waals surface area contributed by atoms with Crippen molar-refractivity contribution in [3.63, 3.8) is 0 Å². The molecule has 0 unspecified atom stereocenters. The van der Waals surface area contributed by atoms with Crippen LogP contribution in [0.5, 0.6) is 0 Å². The van der Waals surface area contributed by atoms with Crippen molar-refractivity contribution < 1.29 is 4.42 Å². The predicted molar refractivity (Wildman–Crippen MR) is 157 cm³/mol. The molecule has 5 aromatic carbocycles. The highest BCUT2D eigenvalue weighted by Gasteiger charge is 2.17. The summed E-state index contributed by atoms with van der Waals surface area (Å²) in [6.45, 7) is 0. The minimum absolute atomic E-state index is 0.905. The molecule has 0 saturated carbocycles. The van der Waals surface area contributed by atoms with Crippen LogP contribution < -0.4 is 0 Å². The van der Waals surface area contributed by atoms with Gasteiger partial charge in [0.25, 0.3) is 0 Å². The third-order valence-corrected chi connectivity index (χ3v) is 7.43. The number of furan rings is 1. The van der Waals surface area contributed by atoms with Crippen LogP contribution in [0.3, 0.4) is 0 Å². The summed E-state index contributed by atoms with van der Waals surface area (Å²) in [4.78, 5) is 4.55. The van der Waals surface area contributed by atoms with Crippen LogP contribution in [0, 0.1) is 0 Å². The van der Waals surface area contributed by atoms with Gasteiger partial charge in [0.1, 0.15) is 11.2 Å². The van der Waals surface area contributed by atoms with E-state index in [-0.39, 0.29) is 0 Å². The zero-order valence-corrected chi connectivity index (χ0v) is 20.5. The molecule has 0 radical (unpaired) electrons. The summed E-state index contributed by atoms with van der Waals surface area (Å²) >= 11 is 0. The summed E-state index contributed by atoms with van der Waals surface area (Å²) in [5, 5.41) is 4.72. The number of hydrogen-bond acceptors (Lipinski definition) is 2. The Labute approximate surface area is 219 Å². The van der Waals surface area contributed by atoms with Crippen molar-refractivity contribution in [2.24, 2.45) is 0 Å². The molecular formula is C35H22N2O. The lowest BCUT2D eigenvalue weighted by atomic mass is 9.99. The molecule has 0 aliphatic carbocycles. The Balaban J connectivity index is 1.41. The first-order valence-corrected chi connectivity index (χ1v) is 12.8. The molecule has 0 bridgehead atoms. The van der Waals surface area contributed by atoms with Gasteiger partial charge in [-0.15, -0.1) is 0 Å². The van der Waals surface area contributed by atoms with Crippen LogP contribution in [-0.2, 0) is 0 Å². The Morgan fingerprint density at radius 1 is 0.474 bits per heavy atom. The highest BCUT2D eigenvalue weighted by atomic mass is 16.3. The number of hydrogen-bond donors (Lipinski definition) is 0. The van der Waals surface area contributed by atoms with Gasteiger partial charge in [-0.2, -0.15) is 0 Å².